The molecule has 0 aliphatic carbocycles. The van der Waals surface area contributed by atoms with Gasteiger partial charge in [-0.25, -0.2) is 4.98 Å². The molecule has 32 heavy (non-hydrogen) atoms. The van der Waals surface area contributed by atoms with Crippen molar-refractivity contribution < 1.29 is 14.3 Å². The van der Waals surface area contributed by atoms with E-state index >= 15 is 0 Å². The lowest BCUT2D eigenvalue weighted by Gasteiger charge is -2.27. The van der Waals surface area contributed by atoms with Crippen molar-refractivity contribution in [2.45, 2.75) is 25.2 Å². The number of amides is 2. The lowest BCUT2D eigenvalue weighted by atomic mass is 9.95. The molecule has 0 spiro atoms. The topological polar surface area (TPSA) is 62.7 Å². The lowest BCUT2D eigenvalue weighted by Crippen LogP contribution is -2.40. The Morgan fingerprint density at radius 1 is 1.03 bits per heavy atom. The van der Waals surface area contributed by atoms with Gasteiger partial charge in [0.15, 0.2) is 0 Å². The van der Waals surface area contributed by atoms with Gasteiger partial charge in [0.2, 0.25) is 5.91 Å². The summed E-state index contributed by atoms with van der Waals surface area (Å²) >= 11 is 1.48. The SMILES string of the molecule is O=C(CCc1ccccc1)N1CCC(c2c(C(=O)N3CCOCC3)sc3ncccc23)C1. The lowest BCUT2D eigenvalue weighted by molar-refractivity contribution is -0.130. The Bertz CT molecular complexity index is 1110. The van der Waals surface area contributed by atoms with Gasteiger partial charge in [0.25, 0.3) is 5.91 Å². The maximum atomic E-state index is 13.4. The first kappa shape index (κ1) is 21.1. The van der Waals surface area contributed by atoms with Crippen molar-refractivity contribution in [3.63, 3.8) is 0 Å². The van der Waals surface area contributed by atoms with E-state index in [1.165, 1.54) is 16.9 Å². The highest BCUT2D eigenvalue weighted by molar-refractivity contribution is 7.20. The predicted molar refractivity (Wildman–Crippen MR) is 125 cm³/mol. The van der Waals surface area contributed by atoms with Crippen LogP contribution in [-0.2, 0) is 16.0 Å². The van der Waals surface area contributed by atoms with Gasteiger partial charge in [-0.1, -0.05) is 36.4 Å². The molecule has 2 aliphatic rings. The molecule has 2 aromatic heterocycles. The van der Waals surface area contributed by atoms with Gasteiger partial charge in [-0.15, -0.1) is 11.3 Å². The summed E-state index contributed by atoms with van der Waals surface area (Å²) in [4.78, 5) is 36.3. The molecule has 4 heterocycles. The van der Waals surface area contributed by atoms with E-state index in [0.717, 1.165) is 40.0 Å². The number of morpholine rings is 1. The van der Waals surface area contributed by atoms with E-state index < -0.39 is 0 Å². The minimum Gasteiger partial charge on any atom is -0.378 e. The zero-order chi connectivity index (χ0) is 21.9. The van der Waals surface area contributed by atoms with Gasteiger partial charge < -0.3 is 14.5 Å². The number of ether oxygens (including phenoxy) is 1. The molecule has 2 fully saturated rings. The molecule has 1 atom stereocenters. The molecule has 0 N–H and O–H groups in total. The molecule has 0 bridgehead atoms. The number of rotatable bonds is 5. The minimum atomic E-state index is 0.0696. The first-order valence-electron chi connectivity index (χ1n) is 11.3. The maximum Gasteiger partial charge on any atom is 0.264 e. The van der Waals surface area contributed by atoms with Crippen molar-refractivity contribution in [2.24, 2.45) is 0 Å². The molecule has 3 aromatic rings. The molecule has 0 saturated carbocycles. The van der Waals surface area contributed by atoms with Crippen LogP contribution in [0.1, 0.15) is 39.6 Å². The summed E-state index contributed by atoms with van der Waals surface area (Å²) in [5, 5.41) is 1.05. The maximum absolute atomic E-state index is 13.4. The quantitative estimate of drug-likeness (QED) is 0.596. The molecule has 166 valence electrons. The van der Waals surface area contributed by atoms with Crippen molar-refractivity contribution in [3.8, 4) is 0 Å². The number of nitrogens with zero attached hydrogens (tertiary/aromatic N) is 3. The van der Waals surface area contributed by atoms with Gasteiger partial charge in [0.1, 0.15) is 4.83 Å². The van der Waals surface area contributed by atoms with Gasteiger partial charge in [0, 0.05) is 50.1 Å². The van der Waals surface area contributed by atoms with E-state index in [4.69, 9.17) is 4.74 Å². The van der Waals surface area contributed by atoms with Gasteiger partial charge in [-0.2, -0.15) is 0 Å². The Morgan fingerprint density at radius 2 is 1.84 bits per heavy atom. The molecular weight excluding hydrogens is 422 g/mol. The normalized spacial score (nSPS) is 18.9. The smallest absolute Gasteiger partial charge is 0.264 e. The number of aryl methyl sites for hydroxylation is 1. The monoisotopic (exact) mass is 449 g/mol. The Morgan fingerprint density at radius 3 is 2.66 bits per heavy atom. The first-order valence-corrected chi connectivity index (χ1v) is 12.1. The van der Waals surface area contributed by atoms with Crippen LogP contribution >= 0.6 is 11.3 Å². The number of thiophene rings is 1. The Balaban J connectivity index is 1.35. The van der Waals surface area contributed by atoms with E-state index in [1.54, 1.807) is 6.20 Å². The summed E-state index contributed by atoms with van der Waals surface area (Å²) in [6.07, 6.45) is 3.93. The number of likely N-dealkylation sites (tertiary alicyclic amines) is 1. The van der Waals surface area contributed by atoms with Gasteiger partial charge >= 0.3 is 0 Å². The molecule has 2 amide bonds. The second-order valence-electron chi connectivity index (χ2n) is 8.42. The van der Waals surface area contributed by atoms with E-state index in [0.29, 0.717) is 39.3 Å². The molecule has 2 saturated heterocycles. The van der Waals surface area contributed by atoms with Crippen LogP contribution in [0.25, 0.3) is 10.2 Å². The summed E-state index contributed by atoms with van der Waals surface area (Å²) in [7, 11) is 0. The summed E-state index contributed by atoms with van der Waals surface area (Å²) in [5.41, 5.74) is 2.26. The second kappa shape index (κ2) is 9.38. The van der Waals surface area contributed by atoms with Crippen molar-refractivity contribution in [1.29, 1.82) is 0 Å². The number of pyridine rings is 1. The molecule has 7 heteroatoms. The summed E-state index contributed by atoms with van der Waals surface area (Å²) < 4.78 is 5.42. The van der Waals surface area contributed by atoms with E-state index in [2.05, 4.69) is 23.2 Å². The highest BCUT2D eigenvalue weighted by Crippen LogP contribution is 2.40. The van der Waals surface area contributed by atoms with Crippen LogP contribution in [0.15, 0.2) is 48.7 Å². The second-order valence-corrected chi connectivity index (χ2v) is 9.42. The molecule has 6 nitrogen and oxygen atoms in total. The Hall–Kier alpha value is -2.77. The number of hydrogen-bond donors (Lipinski definition) is 0. The first-order chi connectivity index (χ1) is 15.7. The third-order valence-electron chi connectivity index (χ3n) is 6.42. The number of fused-ring (bicyclic) bond motifs is 1. The fourth-order valence-corrected chi connectivity index (χ4v) is 5.90. The molecule has 5 rings (SSSR count). The average Bonchev–Trinajstić information content (AvgIpc) is 3.48. The van der Waals surface area contributed by atoms with E-state index in [1.807, 2.05) is 34.1 Å². The number of aromatic nitrogens is 1. The van der Waals surface area contributed by atoms with Gasteiger partial charge in [0.05, 0.1) is 18.1 Å². The number of carbonyl (C=O) groups excluding carboxylic acids is 2. The van der Waals surface area contributed by atoms with Crippen LogP contribution in [0.4, 0.5) is 0 Å². The molecule has 2 aliphatic heterocycles. The molecule has 0 radical (unpaired) electrons. The minimum absolute atomic E-state index is 0.0696. The molecule has 1 unspecified atom stereocenters. The zero-order valence-electron chi connectivity index (χ0n) is 18.0. The zero-order valence-corrected chi connectivity index (χ0v) is 18.9. The largest absolute Gasteiger partial charge is 0.378 e. The third kappa shape index (κ3) is 4.27. The van der Waals surface area contributed by atoms with Crippen LogP contribution in [0.5, 0.6) is 0 Å². The van der Waals surface area contributed by atoms with Gasteiger partial charge in [-0.3, -0.25) is 9.59 Å². The fourth-order valence-electron chi connectivity index (χ4n) is 4.70. The van der Waals surface area contributed by atoms with Crippen LogP contribution in [0, 0.1) is 0 Å². The number of benzene rings is 1. The van der Waals surface area contributed by atoms with E-state index in [9.17, 15) is 9.59 Å². The van der Waals surface area contributed by atoms with Crippen LogP contribution in [0.2, 0.25) is 0 Å². The van der Waals surface area contributed by atoms with Gasteiger partial charge in [-0.05, 0) is 30.0 Å². The molecular formula is C25H27N3O3S. The summed E-state index contributed by atoms with van der Waals surface area (Å²) in [6.45, 7) is 3.80. The highest BCUT2D eigenvalue weighted by atomic mass is 32.1. The van der Waals surface area contributed by atoms with Crippen molar-refractivity contribution in [2.75, 3.05) is 39.4 Å². The van der Waals surface area contributed by atoms with Crippen molar-refractivity contribution in [1.82, 2.24) is 14.8 Å². The standard InChI is InChI=1S/C25H27N3O3S/c29-21(9-8-18-5-2-1-3-6-18)28-12-10-19(17-28)22-20-7-4-11-26-24(20)32-23(22)25(30)27-13-15-31-16-14-27/h1-7,11,19H,8-10,12-17H2. The average molecular weight is 450 g/mol. The Kier molecular flexibility index (Phi) is 6.19. The highest BCUT2D eigenvalue weighted by Gasteiger charge is 2.34. The third-order valence-corrected chi connectivity index (χ3v) is 7.53. The predicted octanol–water partition coefficient (Wildman–Crippen LogP) is 3.72. The summed E-state index contributed by atoms with van der Waals surface area (Å²) in [5.74, 6) is 0.420. The van der Waals surface area contributed by atoms with Crippen LogP contribution < -0.4 is 0 Å². The summed E-state index contributed by atoms with van der Waals surface area (Å²) in [6, 6.07) is 14.1. The van der Waals surface area contributed by atoms with Crippen LogP contribution in [0.3, 0.4) is 0 Å². The number of hydrogen-bond acceptors (Lipinski definition) is 5. The number of carbonyl (C=O) groups is 2. The molecule has 1 aromatic carbocycles. The van der Waals surface area contributed by atoms with E-state index in [-0.39, 0.29) is 17.7 Å². The van der Waals surface area contributed by atoms with Crippen molar-refractivity contribution >= 4 is 33.4 Å². The Labute approximate surface area is 191 Å². The van der Waals surface area contributed by atoms with Crippen molar-refractivity contribution in [3.05, 3.63) is 64.7 Å². The fraction of sp³-hybridized carbons (Fsp3) is 0.400. The van der Waals surface area contributed by atoms with Crippen LogP contribution in [-0.4, -0.2) is 66.0 Å².